The summed E-state index contributed by atoms with van der Waals surface area (Å²) < 4.78 is 0. The molecule has 0 saturated carbocycles. The van der Waals surface area contributed by atoms with E-state index in [1.807, 2.05) is 5.32 Å². The normalized spacial score (nSPS) is 14.0. The van der Waals surface area contributed by atoms with Gasteiger partial charge in [-0.05, 0) is 38.2 Å². The highest BCUT2D eigenvalue weighted by Gasteiger charge is 2.33. The molecule has 22 heteroatoms. The Labute approximate surface area is 314 Å². The third-order valence-electron chi connectivity index (χ3n) is 7.88. The molecule has 2 rings (SSSR count). The number of guanidine groups is 1. The van der Waals surface area contributed by atoms with Crippen LogP contribution in [0.5, 0.6) is 0 Å². The number of hydrogen-bond donors (Lipinski definition) is 13. The fourth-order valence-electron chi connectivity index (χ4n) is 4.99. The van der Waals surface area contributed by atoms with Gasteiger partial charge in [-0.3, -0.25) is 39.0 Å². The molecule has 2 aromatic rings. The van der Waals surface area contributed by atoms with Crippen LogP contribution in [0, 0.1) is 5.41 Å². The third-order valence-corrected chi connectivity index (χ3v) is 7.88. The number of rotatable bonds is 24. The molecule has 0 radical (unpaired) electrons. The van der Waals surface area contributed by atoms with Gasteiger partial charge in [0.25, 0.3) is 0 Å². The Kier molecular flexibility index (Phi) is 18.2. The van der Waals surface area contributed by atoms with Crippen LogP contribution < -0.4 is 43.4 Å². The highest BCUT2D eigenvalue weighted by Crippen LogP contribution is 2.08. The highest BCUT2D eigenvalue weighted by atomic mass is 16.4. The van der Waals surface area contributed by atoms with Gasteiger partial charge in [-0.15, -0.1) is 0 Å². The van der Waals surface area contributed by atoms with Gasteiger partial charge in [0, 0.05) is 25.6 Å². The summed E-state index contributed by atoms with van der Waals surface area (Å²) in [4.78, 5) is 107. The summed E-state index contributed by atoms with van der Waals surface area (Å²) in [7, 11) is 0. The number of carboxylic acid groups (broad SMARTS) is 3. The van der Waals surface area contributed by atoms with Gasteiger partial charge in [0.05, 0.1) is 24.5 Å². The summed E-state index contributed by atoms with van der Waals surface area (Å²) in [6, 6.07) is 0.195. The van der Waals surface area contributed by atoms with E-state index in [1.54, 1.807) is 30.3 Å². The molecule has 1 aromatic carbocycles. The molecular weight excluding hydrogens is 726 g/mol. The SMILES string of the molecule is C[C@H](NC(=O)[C@H](Cc1c[nH]cn1)NC(=O)[C@H](CCC(=O)O)NC(=O)[C@H](CCCNC(=N)N)NC(=O)[C@@H](N)Cc1ccccc1)C(=O)N[C@@H](CC(=O)O)C(=O)O. The van der Waals surface area contributed by atoms with Crippen LogP contribution in [0.1, 0.15) is 50.3 Å². The molecular formula is C33H47N11O11. The molecule has 0 saturated heterocycles. The van der Waals surface area contributed by atoms with Gasteiger partial charge in [0.2, 0.25) is 29.5 Å². The van der Waals surface area contributed by atoms with Crippen LogP contribution in [0.25, 0.3) is 0 Å². The highest BCUT2D eigenvalue weighted by molar-refractivity contribution is 5.96. The van der Waals surface area contributed by atoms with Gasteiger partial charge in [-0.25, -0.2) is 9.78 Å². The van der Waals surface area contributed by atoms with Crippen molar-refractivity contribution in [2.45, 2.75) is 88.1 Å². The van der Waals surface area contributed by atoms with E-state index in [4.69, 9.17) is 22.0 Å². The maximum absolute atomic E-state index is 13.7. The Morgan fingerprint density at radius 3 is 1.91 bits per heavy atom. The zero-order valence-corrected chi connectivity index (χ0v) is 29.9. The van der Waals surface area contributed by atoms with Crippen molar-refractivity contribution in [1.29, 1.82) is 5.41 Å². The minimum atomic E-state index is -1.80. The molecule has 5 amide bonds. The Morgan fingerprint density at radius 1 is 0.764 bits per heavy atom. The van der Waals surface area contributed by atoms with Crippen LogP contribution in [0.2, 0.25) is 0 Å². The lowest BCUT2D eigenvalue weighted by Crippen LogP contribution is -2.59. The van der Waals surface area contributed by atoms with Gasteiger partial charge >= 0.3 is 17.9 Å². The van der Waals surface area contributed by atoms with E-state index in [2.05, 4.69) is 36.6 Å². The maximum atomic E-state index is 13.7. The lowest BCUT2D eigenvalue weighted by Gasteiger charge is -2.26. The summed E-state index contributed by atoms with van der Waals surface area (Å²) in [5.41, 5.74) is 12.5. The van der Waals surface area contributed by atoms with E-state index in [1.165, 1.54) is 19.4 Å². The molecule has 0 fully saturated rings. The lowest BCUT2D eigenvalue weighted by atomic mass is 10.0. The van der Waals surface area contributed by atoms with Crippen molar-refractivity contribution < 1.29 is 53.7 Å². The molecule has 300 valence electrons. The number of hydrogen-bond acceptors (Lipinski definition) is 11. The Hall–Kier alpha value is -6.58. The van der Waals surface area contributed by atoms with Crippen molar-refractivity contribution in [2.75, 3.05) is 6.54 Å². The van der Waals surface area contributed by atoms with E-state index < -0.39 is 103 Å². The number of nitrogens with zero attached hydrogens (tertiary/aromatic N) is 1. The minimum Gasteiger partial charge on any atom is -0.481 e. The van der Waals surface area contributed by atoms with Crippen LogP contribution in [0.3, 0.4) is 0 Å². The number of nitrogens with one attached hydrogen (secondary N) is 8. The fourth-order valence-corrected chi connectivity index (χ4v) is 4.99. The first-order chi connectivity index (χ1) is 26.0. The first kappa shape index (κ1) is 44.6. The summed E-state index contributed by atoms with van der Waals surface area (Å²) in [6.45, 7) is 1.33. The van der Waals surface area contributed by atoms with Gasteiger partial charge in [0.1, 0.15) is 30.2 Å². The van der Waals surface area contributed by atoms with E-state index >= 15 is 0 Å². The molecule has 1 heterocycles. The number of carbonyl (C=O) groups is 8. The molecule has 0 aliphatic carbocycles. The second-order valence-corrected chi connectivity index (χ2v) is 12.4. The predicted molar refractivity (Wildman–Crippen MR) is 192 cm³/mol. The average molecular weight is 774 g/mol. The summed E-state index contributed by atoms with van der Waals surface area (Å²) in [5, 5.41) is 49.3. The van der Waals surface area contributed by atoms with E-state index in [0.717, 1.165) is 5.56 Å². The topological polar surface area (TPSA) is 374 Å². The van der Waals surface area contributed by atoms with Crippen molar-refractivity contribution in [2.24, 2.45) is 11.5 Å². The summed E-state index contributed by atoms with van der Waals surface area (Å²) in [5.74, 6) is -9.38. The zero-order chi connectivity index (χ0) is 41.1. The Balaban J connectivity index is 2.28. The van der Waals surface area contributed by atoms with Crippen LogP contribution >= 0.6 is 0 Å². The number of carbonyl (C=O) groups excluding carboxylic acids is 5. The van der Waals surface area contributed by atoms with Crippen molar-refractivity contribution in [3.8, 4) is 0 Å². The van der Waals surface area contributed by atoms with Crippen molar-refractivity contribution in [1.82, 2.24) is 41.9 Å². The van der Waals surface area contributed by atoms with Gasteiger partial charge in [0.15, 0.2) is 5.96 Å². The molecule has 1 aromatic heterocycles. The van der Waals surface area contributed by atoms with Gasteiger partial charge < -0.3 is 63.7 Å². The minimum absolute atomic E-state index is 0.0253. The van der Waals surface area contributed by atoms with E-state index in [-0.39, 0.29) is 43.9 Å². The van der Waals surface area contributed by atoms with E-state index in [0.29, 0.717) is 0 Å². The van der Waals surface area contributed by atoms with Crippen molar-refractivity contribution >= 4 is 53.4 Å². The Morgan fingerprint density at radius 2 is 1.35 bits per heavy atom. The smallest absolute Gasteiger partial charge is 0.326 e. The fraction of sp³-hybridized carbons (Fsp3) is 0.455. The summed E-state index contributed by atoms with van der Waals surface area (Å²) >= 11 is 0. The number of aromatic amines is 1. The number of imidazole rings is 1. The number of aliphatic carboxylic acids is 3. The number of benzene rings is 1. The molecule has 0 spiro atoms. The van der Waals surface area contributed by atoms with Crippen LogP contribution in [0.4, 0.5) is 0 Å². The maximum Gasteiger partial charge on any atom is 0.326 e. The summed E-state index contributed by atoms with van der Waals surface area (Å²) in [6.07, 6.45) is 0.749. The molecule has 0 bridgehead atoms. The number of carboxylic acids is 3. The third kappa shape index (κ3) is 16.8. The second-order valence-electron chi connectivity index (χ2n) is 12.4. The molecule has 0 aliphatic heterocycles. The Bertz CT molecular complexity index is 1660. The predicted octanol–water partition coefficient (Wildman–Crippen LogP) is -3.35. The molecule has 15 N–H and O–H groups in total. The van der Waals surface area contributed by atoms with Gasteiger partial charge in [-0.1, -0.05) is 30.3 Å². The van der Waals surface area contributed by atoms with Gasteiger partial charge in [-0.2, -0.15) is 0 Å². The molecule has 22 nitrogen and oxygen atoms in total. The second kappa shape index (κ2) is 22.5. The average Bonchev–Trinajstić information content (AvgIpc) is 3.63. The van der Waals surface area contributed by atoms with Crippen LogP contribution in [-0.4, -0.2) is 121 Å². The van der Waals surface area contributed by atoms with Crippen molar-refractivity contribution in [3.05, 3.63) is 54.1 Å². The largest absolute Gasteiger partial charge is 0.481 e. The van der Waals surface area contributed by atoms with E-state index in [9.17, 15) is 48.6 Å². The lowest BCUT2D eigenvalue weighted by molar-refractivity contribution is -0.147. The first-order valence-electron chi connectivity index (χ1n) is 17.0. The van der Waals surface area contributed by atoms with Crippen molar-refractivity contribution in [3.63, 3.8) is 0 Å². The number of amides is 5. The van der Waals surface area contributed by atoms with Crippen LogP contribution in [0.15, 0.2) is 42.9 Å². The monoisotopic (exact) mass is 773 g/mol. The number of aromatic nitrogens is 2. The number of H-pyrrole nitrogens is 1. The van der Waals surface area contributed by atoms with Crippen LogP contribution in [-0.2, 0) is 51.2 Å². The quantitative estimate of drug-likeness (QED) is 0.0282. The molecule has 55 heavy (non-hydrogen) atoms. The zero-order valence-electron chi connectivity index (χ0n) is 29.9. The number of nitrogens with two attached hydrogens (primary N) is 2. The molecule has 0 unspecified atom stereocenters. The molecule has 6 atom stereocenters. The first-order valence-corrected chi connectivity index (χ1v) is 17.0. The standard InChI is InChI=1S/C33H47N11O11/c1-17(27(49)44-24(32(54)55)14-26(47)48)40-31(53)23(13-19-15-37-16-39-19)43-30(52)22(9-10-25(45)46)42-29(51)21(8-5-11-38-33(35)36)41-28(50)20(34)12-18-6-3-2-4-7-18/h2-4,6-7,15-17,20-24H,5,8-14,34H2,1H3,(H,37,39)(H,40,53)(H,41,50)(H,42,51)(H,43,52)(H,44,49)(H,45,46)(H,47,48)(H,54,55)(H4,35,36,38)/t17-,20-,21-,22-,23-,24-/m0/s1. The molecule has 0 aliphatic rings.